The van der Waals surface area contributed by atoms with Crippen molar-refractivity contribution < 1.29 is 21.3 Å². The molecule has 8 rings (SSSR count). The first-order valence-corrected chi connectivity index (χ1v) is 25.4. The van der Waals surface area contributed by atoms with Crippen LogP contribution in [0.1, 0.15) is 96.1 Å². The third-order valence-electron chi connectivity index (χ3n) is 11.9. The molecule has 0 heterocycles. The number of allylic oxidation sites excluding steroid dienone is 4. The molecule has 58 heavy (non-hydrogen) atoms. The maximum absolute atomic E-state index is 7.08. The van der Waals surface area contributed by atoms with Crippen LogP contribution in [-0.4, -0.2) is 3.21 Å². The maximum atomic E-state index is 7.08. The molecule has 292 valence electrons. The summed E-state index contributed by atoms with van der Waals surface area (Å²) in [5, 5.41) is 2.54. The van der Waals surface area contributed by atoms with Gasteiger partial charge in [-0.05, 0) is 0 Å². The summed E-state index contributed by atoms with van der Waals surface area (Å²) in [5.74, 6) is 0. The van der Waals surface area contributed by atoms with Crippen LogP contribution in [0.4, 0.5) is 0 Å². The van der Waals surface area contributed by atoms with Crippen molar-refractivity contribution >= 4 is 49.6 Å². The predicted octanol–water partition coefficient (Wildman–Crippen LogP) is 16.6. The van der Waals surface area contributed by atoms with Crippen molar-refractivity contribution in [1.82, 2.24) is 0 Å². The molecule has 2 aliphatic carbocycles. The summed E-state index contributed by atoms with van der Waals surface area (Å²) in [4.78, 5) is 0. The van der Waals surface area contributed by atoms with E-state index in [1.54, 1.807) is 0 Å². The van der Waals surface area contributed by atoms with Crippen molar-refractivity contribution in [2.45, 2.75) is 76.3 Å². The number of fused-ring (bicyclic) bond motifs is 3. The second kappa shape index (κ2) is 16.0. The average Bonchev–Trinajstić information content (AvgIpc) is 3.82. The summed E-state index contributed by atoms with van der Waals surface area (Å²) in [5.41, 5.74) is 17.2. The zero-order valence-corrected chi connectivity index (χ0v) is 39.9. The first-order chi connectivity index (χ1) is 27.5. The van der Waals surface area contributed by atoms with Crippen molar-refractivity contribution in [3.05, 3.63) is 195 Å². The summed E-state index contributed by atoms with van der Waals surface area (Å²) < 4.78 is 2.93. The Labute approximate surface area is 372 Å². The number of halogens is 4. The van der Waals surface area contributed by atoms with Gasteiger partial charge in [-0.1, -0.05) is 0 Å². The Morgan fingerprint density at radius 1 is 0.552 bits per heavy atom. The molecule has 0 bridgehead atoms. The quantitative estimate of drug-likeness (QED) is 0.156. The molecule has 0 fully saturated rings. The Kier molecular flexibility index (Phi) is 11.4. The molecule has 0 saturated heterocycles. The van der Waals surface area contributed by atoms with Crippen LogP contribution >= 0.6 is 46.4 Å². The first-order valence-electron chi connectivity index (χ1n) is 20.0. The van der Waals surface area contributed by atoms with Gasteiger partial charge in [0.05, 0.1) is 0 Å². The van der Waals surface area contributed by atoms with Crippen LogP contribution in [0.3, 0.4) is 0 Å². The Bertz CT molecular complexity index is 2540. The van der Waals surface area contributed by atoms with Crippen LogP contribution in [0.15, 0.2) is 131 Å². The number of benzene rings is 6. The van der Waals surface area contributed by atoms with Gasteiger partial charge in [-0.2, -0.15) is 0 Å². The first kappa shape index (κ1) is 41.4. The molecule has 0 atom stereocenters. The van der Waals surface area contributed by atoms with E-state index in [0.29, 0.717) is 20.1 Å². The summed E-state index contributed by atoms with van der Waals surface area (Å²) in [6.07, 6.45) is 7.86. The van der Waals surface area contributed by atoms with Gasteiger partial charge in [0.15, 0.2) is 0 Å². The molecule has 5 heteroatoms. The molecular weight excluding hydrogens is 870 g/mol. The Morgan fingerprint density at radius 2 is 0.983 bits per heavy atom. The van der Waals surface area contributed by atoms with Crippen LogP contribution in [-0.2, 0) is 32.1 Å². The molecule has 0 saturated carbocycles. The fourth-order valence-electron chi connectivity index (χ4n) is 8.99. The average molecular weight is 918 g/mol. The normalized spacial score (nSPS) is 13.8. The van der Waals surface area contributed by atoms with Crippen LogP contribution in [0.25, 0.3) is 33.4 Å². The number of hydrogen-bond acceptors (Lipinski definition) is 0. The Hall–Kier alpha value is -3.29. The van der Waals surface area contributed by atoms with Crippen molar-refractivity contribution in [2.75, 3.05) is 0 Å². The SMILES string of the molecule is Cc1c(Cl)cc(Cl)cc1[C](c1cc(Cl)cc(Cl)c1C)=[Zr]([C]1=CC=CC1)[CH]1c2cc(-c3ccccc3)c(C(C)(C)C)cc2-c2cc(C(C)(C)C)c(-c3ccccc3)cc21. The Morgan fingerprint density at radius 3 is 1.36 bits per heavy atom. The van der Waals surface area contributed by atoms with E-state index in [-0.39, 0.29) is 14.5 Å². The van der Waals surface area contributed by atoms with E-state index in [2.05, 4.69) is 171 Å². The summed E-state index contributed by atoms with van der Waals surface area (Å²) >= 11 is 24.8. The minimum atomic E-state index is -3.31. The van der Waals surface area contributed by atoms with Crippen molar-refractivity contribution in [2.24, 2.45) is 0 Å². The minimum absolute atomic E-state index is 0.102. The van der Waals surface area contributed by atoms with Gasteiger partial charge in [0, 0.05) is 0 Å². The molecule has 6 aromatic carbocycles. The van der Waals surface area contributed by atoms with Gasteiger partial charge >= 0.3 is 376 Å². The number of rotatable bonds is 6. The van der Waals surface area contributed by atoms with Crippen molar-refractivity contribution in [3.8, 4) is 33.4 Å². The standard InChI is InChI=1S/C33H33.C15H10Cl4.C5H5.Zr/c1-32(2,3)30-20-26-24(18-28(30)22-13-9-7-10-14-22)17-25-19-29(23-15-11-8-12-16-23)31(21-27(25)26)33(4,5)6;1-8-10(4-12(16)6-14(8)18)3-11-5-13(17)7-15(19)9(11)2;1-2-4-5-3-1;/h7-21H,1-6H3;4-7H,1-2H3;1-3H,4H2;. The monoisotopic (exact) mass is 914 g/mol. The van der Waals surface area contributed by atoms with Crippen molar-refractivity contribution in [3.63, 3.8) is 0 Å². The molecule has 0 unspecified atom stereocenters. The van der Waals surface area contributed by atoms with Gasteiger partial charge in [-0.25, -0.2) is 0 Å². The van der Waals surface area contributed by atoms with Gasteiger partial charge in [0.1, 0.15) is 0 Å². The molecule has 0 N–H and O–H groups in total. The Balaban J connectivity index is 1.61. The zero-order valence-electron chi connectivity index (χ0n) is 34.4. The van der Waals surface area contributed by atoms with E-state index in [4.69, 9.17) is 46.4 Å². The molecule has 0 amide bonds. The molecule has 0 nitrogen and oxygen atoms in total. The van der Waals surface area contributed by atoms with E-state index in [1.165, 1.54) is 62.1 Å². The van der Waals surface area contributed by atoms with E-state index < -0.39 is 21.3 Å². The van der Waals surface area contributed by atoms with Gasteiger partial charge in [0.2, 0.25) is 0 Å². The second-order valence-corrected chi connectivity index (χ2v) is 25.8. The zero-order chi connectivity index (χ0) is 41.3. The van der Waals surface area contributed by atoms with E-state index in [0.717, 1.165) is 28.7 Å². The fourth-order valence-corrected chi connectivity index (χ4v) is 19.3. The summed E-state index contributed by atoms with van der Waals surface area (Å²) in [7, 11) is 0. The topological polar surface area (TPSA) is 0 Å². The fraction of sp³-hybridized carbons (Fsp3) is 0.226. The van der Waals surface area contributed by atoms with Gasteiger partial charge in [0.25, 0.3) is 0 Å². The van der Waals surface area contributed by atoms with Crippen LogP contribution < -0.4 is 0 Å². The molecule has 0 aromatic heterocycles. The molecular formula is C53H48Cl4Zr. The summed E-state index contributed by atoms with van der Waals surface area (Å²) in [6, 6.07) is 40.0. The van der Waals surface area contributed by atoms with Gasteiger partial charge < -0.3 is 0 Å². The van der Waals surface area contributed by atoms with E-state index >= 15 is 0 Å². The second-order valence-electron chi connectivity index (χ2n) is 17.9. The molecule has 0 spiro atoms. The third kappa shape index (κ3) is 7.65. The summed E-state index contributed by atoms with van der Waals surface area (Å²) in [6.45, 7) is 18.3. The predicted molar refractivity (Wildman–Crippen MR) is 249 cm³/mol. The van der Waals surface area contributed by atoms with Crippen LogP contribution in [0.2, 0.25) is 20.1 Å². The van der Waals surface area contributed by atoms with Gasteiger partial charge in [-0.3, -0.25) is 0 Å². The molecule has 6 aromatic rings. The van der Waals surface area contributed by atoms with E-state index in [1.807, 2.05) is 12.1 Å². The molecule has 0 aliphatic heterocycles. The number of hydrogen-bond donors (Lipinski definition) is 0. The van der Waals surface area contributed by atoms with Gasteiger partial charge in [-0.15, -0.1) is 0 Å². The van der Waals surface area contributed by atoms with E-state index in [9.17, 15) is 0 Å². The van der Waals surface area contributed by atoms with Crippen LogP contribution in [0, 0.1) is 13.8 Å². The molecule has 2 aliphatic rings. The third-order valence-corrected chi connectivity index (χ3v) is 21.3. The van der Waals surface area contributed by atoms with Crippen molar-refractivity contribution in [1.29, 1.82) is 0 Å². The van der Waals surface area contributed by atoms with Crippen LogP contribution in [0.5, 0.6) is 0 Å². The molecule has 0 radical (unpaired) electrons.